The summed E-state index contributed by atoms with van der Waals surface area (Å²) in [5.74, 6) is -0.276. The summed E-state index contributed by atoms with van der Waals surface area (Å²) in [5.41, 5.74) is -0.869. The second-order valence-corrected chi connectivity index (χ2v) is 9.47. The van der Waals surface area contributed by atoms with Crippen molar-refractivity contribution in [3.8, 4) is 0 Å². The second-order valence-electron chi connectivity index (χ2n) is 9.47. The van der Waals surface area contributed by atoms with Crippen LogP contribution in [0.15, 0.2) is 0 Å². The molecular weight excluding hydrogens is 318 g/mol. The van der Waals surface area contributed by atoms with E-state index in [-0.39, 0.29) is 23.0 Å². The maximum absolute atomic E-state index is 12.8. The number of hydrogen-bond donors (Lipinski definition) is 0. The van der Waals surface area contributed by atoms with Gasteiger partial charge in [0.25, 0.3) is 0 Å². The fourth-order valence-corrected chi connectivity index (χ4v) is 4.14. The number of ether oxygens (including phenoxy) is 1. The predicted molar refractivity (Wildman–Crippen MR) is 96.3 cm³/mol. The minimum atomic E-state index is -0.685. The molecule has 0 bridgehead atoms. The molecule has 1 saturated heterocycles. The Hall–Kier alpha value is -1.39. The van der Waals surface area contributed by atoms with E-state index in [4.69, 9.17) is 4.74 Å². The smallest absolute Gasteiger partial charge is 0.410 e. The van der Waals surface area contributed by atoms with Gasteiger partial charge < -0.3 is 9.64 Å². The summed E-state index contributed by atoms with van der Waals surface area (Å²) < 4.78 is 5.54. The Bertz CT molecular complexity index is 526. The van der Waals surface area contributed by atoms with Gasteiger partial charge in [-0.2, -0.15) is 0 Å². The van der Waals surface area contributed by atoms with Crippen LogP contribution in [-0.4, -0.2) is 40.7 Å². The van der Waals surface area contributed by atoms with Gasteiger partial charge in [-0.1, -0.05) is 27.2 Å². The van der Waals surface area contributed by atoms with Crippen molar-refractivity contribution in [3.05, 3.63) is 0 Å². The van der Waals surface area contributed by atoms with Crippen LogP contribution >= 0.6 is 0 Å². The minimum absolute atomic E-state index is 0.0171. The quantitative estimate of drug-likeness (QED) is 0.706. The Morgan fingerprint density at radius 3 is 2.24 bits per heavy atom. The van der Waals surface area contributed by atoms with Crippen LogP contribution in [0.25, 0.3) is 0 Å². The van der Waals surface area contributed by atoms with Crippen LogP contribution in [0.4, 0.5) is 4.79 Å². The number of Topliss-reactive ketones (excluding diaryl/α,β-unsaturated/α-hetero) is 2. The summed E-state index contributed by atoms with van der Waals surface area (Å²) in [5, 5.41) is 0. The third-order valence-electron chi connectivity index (χ3n) is 5.34. The summed E-state index contributed by atoms with van der Waals surface area (Å²) >= 11 is 0. The molecule has 0 radical (unpaired) electrons. The third-order valence-corrected chi connectivity index (χ3v) is 5.34. The molecule has 0 aromatic carbocycles. The highest BCUT2D eigenvalue weighted by molar-refractivity contribution is 6.06. The molecule has 1 aliphatic heterocycles. The fourth-order valence-electron chi connectivity index (χ4n) is 4.14. The van der Waals surface area contributed by atoms with Gasteiger partial charge in [0.1, 0.15) is 17.2 Å². The summed E-state index contributed by atoms with van der Waals surface area (Å²) in [6.07, 6.45) is 3.00. The van der Waals surface area contributed by atoms with Gasteiger partial charge in [-0.3, -0.25) is 9.59 Å². The number of likely N-dealkylation sites (tertiary alicyclic amines) is 1. The lowest BCUT2D eigenvalue weighted by Gasteiger charge is -2.44. The first-order valence-electron chi connectivity index (χ1n) is 9.48. The Morgan fingerprint density at radius 1 is 1.20 bits per heavy atom. The van der Waals surface area contributed by atoms with Gasteiger partial charge in [0.2, 0.25) is 0 Å². The molecule has 2 unspecified atom stereocenters. The van der Waals surface area contributed by atoms with E-state index in [9.17, 15) is 14.4 Å². The minimum Gasteiger partial charge on any atom is -0.444 e. The Kier molecular flexibility index (Phi) is 5.65. The van der Waals surface area contributed by atoms with Crippen molar-refractivity contribution in [2.45, 2.75) is 85.3 Å². The molecule has 0 aromatic heterocycles. The maximum atomic E-state index is 12.8. The molecule has 2 atom stereocenters. The lowest BCUT2D eigenvalue weighted by molar-refractivity contribution is -0.143. The molecule has 2 rings (SSSR count). The Balaban J connectivity index is 2.26. The number of nitrogens with zero attached hydrogens (tertiary/aromatic N) is 1. The van der Waals surface area contributed by atoms with Crippen LogP contribution in [0, 0.1) is 17.3 Å². The molecule has 1 heterocycles. The van der Waals surface area contributed by atoms with E-state index in [0.717, 1.165) is 12.8 Å². The van der Waals surface area contributed by atoms with Crippen LogP contribution in [0.3, 0.4) is 0 Å². The van der Waals surface area contributed by atoms with Crippen molar-refractivity contribution >= 4 is 17.7 Å². The fraction of sp³-hybridized carbons (Fsp3) is 0.850. The number of amides is 1. The molecule has 0 spiro atoms. The highest BCUT2D eigenvalue weighted by Crippen LogP contribution is 2.39. The number of rotatable bonds is 2. The number of carbonyl (C=O) groups excluding carboxylic acids is 3. The van der Waals surface area contributed by atoms with E-state index in [1.165, 1.54) is 0 Å². The van der Waals surface area contributed by atoms with E-state index in [0.29, 0.717) is 31.7 Å². The highest BCUT2D eigenvalue weighted by Gasteiger charge is 2.48. The van der Waals surface area contributed by atoms with Gasteiger partial charge in [0.05, 0.1) is 12.0 Å². The largest absolute Gasteiger partial charge is 0.444 e. The van der Waals surface area contributed by atoms with Gasteiger partial charge in [-0.05, 0) is 44.9 Å². The van der Waals surface area contributed by atoms with Gasteiger partial charge in [-0.25, -0.2) is 4.79 Å². The number of carbonyl (C=O) groups is 3. The van der Waals surface area contributed by atoms with Crippen LogP contribution in [0.1, 0.15) is 73.6 Å². The van der Waals surface area contributed by atoms with E-state index in [1.807, 2.05) is 34.6 Å². The molecule has 5 nitrogen and oxygen atoms in total. The van der Waals surface area contributed by atoms with Crippen molar-refractivity contribution in [2.24, 2.45) is 17.3 Å². The van der Waals surface area contributed by atoms with Gasteiger partial charge in [-0.15, -0.1) is 0 Å². The predicted octanol–water partition coefficient (Wildman–Crippen LogP) is 3.99. The van der Waals surface area contributed by atoms with E-state index < -0.39 is 17.6 Å². The molecule has 1 aliphatic carbocycles. The molecule has 25 heavy (non-hydrogen) atoms. The summed E-state index contributed by atoms with van der Waals surface area (Å²) in [7, 11) is 0. The molecule has 0 N–H and O–H groups in total. The molecule has 1 amide bonds. The average molecular weight is 351 g/mol. The summed E-state index contributed by atoms with van der Waals surface area (Å²) in [6, 6.07) is -0.357. The molecule has 2 fully saturated rings. The van der Waals surface area contributed by atoms with Crippen molar-refractivity contribution in [3.63, 3.8) is 0 Å². The maximum Gasteiger partial charge on any atom is 0.410 e. The lowest BCUT2D eigenvalue weighted by Crippen LogP contribution is -2.56. The zero-order chi connectivity index (χ0) is 19.0. The first-order valence-corrected chi connectivity index (χ1v) is 9.48. The van der Waals surface area contributed by atoms with Gasteiger partial charge >= 0.3 is 6.09 Å². The molecule has 0 aromatic rings. The normalized spacial score (nSPS) is 28.2. The van der Waals surface area contributed by atoms with Crippen LogP contribution in [0.2, 0.25) is 0 Å². The first kappa shape index (κ1) is 19.9. The molecule has 1 saturated carbocycles. The Labute approximate surface area is 151 Å². The highest BCUT2D eigenvalue weighted by atomic mass is 16.6. The zero-order valence-corrected chi connectivity index (χ0v) is 16.6. The van der Waals surface area contributed by atoms with Crippen molar-refractivity contribution in [1.29, 1.82) is 0 Å². The lowest BCUT2D eigenvalue weighted by atomic mass is 9.67. The number of hydrogen-bond acceptors (Lipinski definition) is 4. The van der Waals surface area contributed by atoms with Crippen molar-refractivity contribution in [2.75, 3.05) is 6.54 Å². The summed E-state index contributed by atoms with van der Waals surface area (Å²) in [4.78, 5) is 39.9. The van der Waals surface area contributed by atoms with Gasteiger partial charge in [0, 0.05) is 19.4 Å². The first-order chi connectivity index (χ1) is 11.4. The molecule has 5 heteroatoms. The topological polar surface area (TPSA) is 63.7 Å². The van der Waals surface area contributed by atoms with Gasteiger partial charge in [0.15, 0.2) is 0 Å². The second kappa shape index (κ2) is 7.08. The number of piperidine rings is 1. The standard InChI is InChI=1S/C20H33NO4/c1-7-13-8-9-21(18(24)25-19(2,3)4)14(10-13)17-15(22)11-20(5,6)12-16(17)23/h13-14,17H,7-12H2,1-6H3. The molecule has 142 valence electrons. The van der Waals surface area contributed by atoms with Crippen LogP contribution < -0.4 is 0 Å². The van der Waals surface area contributed by atoms with Crippen LogP contribution in [-0.2, 0) is 14.3 Å². The molecule has 2 aliphatic rings. The van der Waals surface area contributed by atoms with Crippen molar-refractivity contribution < 1.29 is 19.1 Å². The third kappa shape index (κ3) is 4.83. The molecular formula is C20H33NO4. The zero-order valence-electron chi connectivity index (χ0n) is 16.6. The van der Waals surface area contributed by atoms with E-state index >= 15 is 0 Å². The number of ketones is 2. The SMILES string of the molecule is CCC1CCN(C(=O)OC(C)(C)C)C(C2C(=O)CC(C)(C)CC2=O)C1. The summed E-state index contributed by atoms with van der Waals surface area (Å²) in [6.45, 7) is 12.1. The van der Waals surface area contributed by atoms with Crippen LogP contribution in [0.5, 0.6) is 0 Å². The van der Waals surface area contributed by atoms with E-state index in [2.05, 4.69) is 6.92 Å². The van der Waals surface area contributed by atoms with Crippen molar-refractivity contribution in [1.82, 2.24) is 4.90 Å². The Morgan fingerprint density at radius 2 is 1.76 bits per heavy atom. The monoisotopic (exact) mass is 351 g/mol. The van der Waals surface area contributed by atoms with E-state index in [1.54, 1.807) is 4.90 Å². The average Bonchev–Trinajstić information content (AvgIpc) is 2.43.